The van der Waals surface area contributed by atoms with E-state index in [0.29, 0.717) is 24.3 Å². The molecule has 2 aromatic heterocycles. The Balaban J connectivity index is 1.38. The van der Waals surface area contributed by atoms with E-state index in [1.54, 1.807) is 22.0 Å². The minimum absolute atomic E-state index is 0.125. The van der Waals surface area contributed by atoms with Crippen LogP contribution in [0.25, 0.3) is 11.3 Å². The third-order valence-corrected chi connectivity index (χ3v) is 5.93. The molecule has 2 aliphatic rings. The molecule has 0 radical (unpaired) electrons. The molecule has 1 saturated carbocycles. The number of anilines is 1. The standard InChI is InChI=1S/C20H29N7O/c1-26(13-18-15-8-4-3-5-9-16(15)23-24-18)20(28)22-19-11-17(25-27(19)2)14-7-6-10-21-12-14/h6-7,10-12,15-16,18,23-24H,3-5,8-9,13H2,1-2H3,(H,22,28). The number of nitrogens with one attached hydrogen (secondary N) is 3. The summed E-state index contributed by atoms with van der Waals surface area (Å²) >= 11 is 0. The lowest BCUT2D eigenvalue weighted by Gasteiger charge is -2.26. The number of pyridine rings is 1. The molecule has 1 saturated heterocycles. The summed E-state index contributed by atoms with van der Waals surface area (Å²) in [6, 6.07) is 6.40. The summed E-state index contributed by atoms with van der Waals surface area (Å²) < 4.78 is 1.69. The highest BCUT2D eigenvalue weighted by molar-refractivity contribution is 5.89. The summed E-state index contributed by atoms with van der Waals surface area (Å²) in [6.07, 6.45) is 9.83. The van der Waals surface area contributed by atoms with Gasteiger partial charge in [-0.2, -0.15) is 5.10 Å². The molecule has 1 aliphatic heterocycles. The monoisotopic (exact) mass is 383 g/mol. The first-order valence-electron chi connectivity index (χ1n) is 10.1. The Hall–Kier alpha value is -2.45. The van der Waals surface area contributed by atoms with Gasteiger partial charge in [-0.3, -0.25) is 25.8 Å². The maximum Gasteiger partial charge on any atom is 0.322 e. The number of hydrazine groups is 1. The lowest BCUT2D eigenvalue weighted by Crippen LogP contribution is -2.44. The van der Waals surface area contributed by atoms with Gasteiger partial charge in [0.05, 0.1) is 5.69 Å². The summed E-state index contributed by atoms with van der Waals surface area (Å²) in [6.45, 7) is 0.674. The van der Waals surface area contributed by atoms with Crippen molar-refractivity contribution in [2.75, 3.05) is 18.9 Å². The van der Waals surface area contributed by atoms with Crippen LogP contribution < -0.4 is 16.2 Å². The molecule has 8 nitrogen and oxygen atoms in total. The lowest BCUT2D eigenvalue weighted by atomic mass is 9.90. The van der Waals surface area contributed by atoms with E-state index < -0.39 is 0 Å². The van der Waals surface area contributed by atoms with Crippen LogP contribution in [0.2, 0.25) is 0 Å². The van der Waals surface area contributed by atoms with Crippen molar-refractivity contribution in [1.82, 2.24) is 30.5 Å². The number of aromatic nitrogens is 3. The molecule has 2 aromatic rings. The molecule has 1 aliphatic carbocycles. The van der Waals surface area contributed by atoms with Crippen molar-refractivity contribution >= 4 is 11.8 Å². The van der Waals surface area contributed by atoms with Crippen LogP contribution in [0, 0.1) is 5.92 Å². The van der Waals surface area contributed by atoms with Crippen LogP contribution in [0.1, 0.15) is 32.1 Å². The number of carbonyl (C=O) groups excluding carboxylic acids is 1. The fourth-order valence-electron chi connectivity index (χ4n) is 4.32. The van der Waals surface area contributed by atoms with E-state index in [2.05, 4.69) is 26.3 Å². The van der Waals surface area contributed by atoms with Crippen molar-refractivity contribution in [1.29, 1.82) is 0 Å². The van der Waals surface area contributed by atoms with Crippen LogP contribution in [0.4, 0.5) is 10.6 Å². The third-order valence-electron chi connectivity index (χ3n) is 5.93. The average molecular weight is 384 g/mol. The fraction of sp³-hybridized carbons (Fsp3) is 0.550. The molecular weight excluding hydrogens is 354 g/mol. The number of urea groups is 1. The maximum atomic E-state index is 12.7. The average Bonchev–Trinajstić information content (AvgIpc) is 3.16. The lowest BCUT2D eigenvalue weighted by molar-refractivity contribution is 0.212. The third kappa shape index (κ3) is 4.02. The molecular formula is C20H29N7O. The van der Waals surface area contributed by atoms with Gasteiger partial charge < -0.3 is 4.90 Å². The van der Waals surface area contributed by atoms with Crippen molar-refractivity contribution in [3.8, 4) is 11.3 Å². The number of aryl methyl sites for hydroxylation is 1. The first-order chi connectivity index (χ1) is 13.6. The number of carbonyl (C=O) groups is 1. The molecule has 3 N–H and O–H groups in total. The summed E-state index contributed by atoms with van der Waals surface area (Å²) in [7, 11) is 3.67. The van der Waals surface area contributed by atoms with E-state index in [0.717, 1.165) is 11.3 Å². The van der Waals surface area contributed by atoms with Gasteiger partial charge in [-0.05, 0) is 30.9 Å². The highest BCUT2D eigenvalue weighted by Crippen LogP contribution is 2.29. The minimum Gasteiger partial charge on any atom is -0.326 e. The zero-order valence-corrected chi connectivity index (χ0v) is 16.6. The molecule has 28 heavy (non-hydrogen) atoms. The molecule has 150 valence electrons. The zero-order valence-electron chi connectivity index (χ0n) is 16.6. The quantitative estimate of drug-likeness (QED) is 0.755. The topological polar surface area (TPSA) is 87.1 Å². The predicted molar refractivity (Wildman–Crippen MR) is 109 cm³/mol. The maximum absolute atomic E-state index is 12.7. The Morgan fingerprint density at radius 2 is 2.18 bits per heavy atom. The Labute approximate surface area is 165 Å². The SMILES string of the molecule is CN(CC1NNC2CCCCCC21)C(=O)Nc1cc(-c2cccnc2)nn1C. The summed E-state index contributed by atoms with van der Waals surface area (Å²) in [5.74, 6) is 1.26. The first kappa shape index (κ1) is 18.9. The van der Waals surface area contributed by atoms with Gasteiger partial charge in [-0.25, -0.2) is 4.79 Å². The van der Waals surface area contributed by atoms with Crippen LogP contribution in [-0.2, 0) is 7.05 Å². The van der Waals surface area contributed by atoms with Crippen molar-refractivity contribution in [3.63, 3.8) is 0 Å². The van der Waals surface area contributed by atoms with Gasteiger partial charge >= 0.3 is 6.03 Å². The minimum atomic E-state index is -0.125. The van der Waals surface area contributed by atoms with Gasteiger partial charge in [0, 0.05) is 56.7 Å². The molecule has 0 aromatic carbocycles. The second-order valence-corrected chi connectivity index (χ2v) is 7.89. The van der Waals surface area contributed by atoms with Crippen LogP contribution in [-0.4, -0.2) is 51.4 Å². The van der Waals surface area contributed by atoms with Gasteiger partial charge in [0.2, 0.25) is 0 Å². The number of rotatable bonds is 4. The van der Waals surface area contributed by atoms with E-state index in [9.17, 15) is 4.79 Å². The molecule has 0 bridgehead atoms. The van der Waals surface area contributed by atoms with Crippen molar-refractivity contribution in [3.05, 3.63) is 30.6 Å². The first-order valence-corrected chi connectivity index (χ1v) is 10.1. The second kappa shape index (κ2) is 8.28. The Bertz CT molecular complexity index is 806. The van der Waals surface area contributed by atoms with E-state index in [4.69, 9.17) is 0 Å². The molecule has 3 atom stereocenters. The number of hydrogen-bond donors (Lipinski definition) is 3. The Kier molecular flexibility index (Phi) is 5.59. The number of likely N-dealkylation sites (N-methyl/N-ethyl adjacent to an activating group) is 1. The van der Waals surface area contributed by atoms with Gasteiger partial charge in [0.15, 0.2) is 0 Å². The molecule has 2 amide bonds. The molecule has 3 heterocycles. The number of fused-ring (bicyclic) bond motifs is 1. The number of hydrogen-bond acceptors (Lipinski definition) is 5. The smallest absolute Gasteiger partial charge is 0.322 e. The van der Waals surface area contributed by atoms with Crippen LogP contribution >= 0.6 is 0 Å². The van der Waals surface area contributed by atoms with E-state index in [-0.39, 0.29) is 12.1 Å². The fourth-order valence-corrected chi connectivity index (χ4v) is 4.32. The van der Waals surface area contributed by atoms with Crippen LogP contribution in [0.3, 0.4) is 0 Å². The molecule has 2 fully saturated rings. The number of amides is 2. The summed E-state index contributed by atoms with van der Waals surface area (Å²) in [5, 5.41) is 7.46. The van der Waals surface area contributed by atoms with Crippen molar-refractivity contribution in [2.45, 2.75) is 44.2 Å². The predicted octanol–water partition coefficient (Wildman–Crippen LogP) is 2.37. The Morgan fingerprint density at radius 3 is 3.00 bits per heavy atom. The van der Waals surface area contributed by atoms with Gasteiger partial charge in [-0.15, -0.1) is 0 Å². The van der Waals surface area contributed by atoms with E-state index in [1.165, 1.54) is 32.1 Å². The number of nitrogens with zero attached hydrogens (tertiary/aromatic N) is 4. The summed E-state index contributed by atoms with van der Waals surface area (Å²) in [5.41, 5.74) is 8.57. The zero-order chi connectivity index (χ0) is 19.5. The second-order valence-electron chi connectivity index (χ2n) is 7.89. The van der Waals surface area contributed by atoms with Gasteiger partial charge in [-0.1, -0.05) is 19.3 Å². The van der Waals surface area contributed by atoms with E-state index in [1.807, 2.05) is 32.3 Å². The normalized spacial score (nSPS) is 24.4. The molecule has 3 unspecified atom stereocenters. The van der Waals surface area contributed by atoms with Gasteiger partial charge in [0.25, 0.3) is 0 Å². The highest BCUT2D eigenvalue weighted by Gasteiger charge is 2.37. The summed E-state index contributed by atoms with van der Waals surface area (Å²) in [4.78, 5) is 18.6. The van der Waals surface area contributed by atoms with Gasteiger partial charge in [0.1, 0.15) is 5.82 Å². The Morgan fingerprint density at radius 1 is 1.32 bits per heavy atom. The molecule has 4 rings (SSSR count). The van der Waals surface area contributed by atoms with Crippen LogP contribution in [0.15, 0.2) is 30.6 Å². The largest absolute Gasteiger partial charge is 0.326 e. The molecule has 0 spiro atoms. The molecule has 8 heteroatoms. The van der Waals surface area contributed by atoms with Crippen molar-refractivity contribution in [2.24, 2.45) is 13.0 Å². The van der Waals surface area contributed by atoms with Crippen molar-refractivity contribution < 1.29 is 4.79 Å². The van der Waals surface area contributed by atoms with E-state index >= 15 is 0 Å². The highest BCUT2D eigenvalue weighted by atomic mass is 16.2. The van der Waals surface area contributed by atoms with Crippen LogP contribution in [0.5, 0.6) is 0 Å².